The van der Waals surface area contributed by atoms with Crippen molar-refractivity contribution in [1.29, 1.82) is 0 Å². The van der Waals surface area contributed by atoms with E-state index in [0.29, 0.717) is 12.7 Å². The van der Waals surface area contributed by atoms with E-state index in [1.165, 1.54) is 11.1 Å². The number of rotatable bonds is 6. The molecule has 2 heterocycles. The fourth-order valence-corrected chi connectivity index (χ4v) is 3.68. The van der Waals surface area contributed by atoms with Crippen LogP contribution in [0.1, 0.15) is 36.5 Å². The number of guanidine groups is 1. The Morgan fingerprint density at radius 3 is 2.85 bits per heavy atom. The molecule has 1 aromatic rings. The molecule has 2 fully saturated rings. The van der Waals surface area contributed by atoms with E-state index in [2.05, 4.69) is 46.4 Å². The van der Waals surface area contributed by atoms with Gasteiger partial charge in [-0.15, -0.1) is 0 Å². The number of hydrogen-bond acceptors (Lipinski definition) is 4. The summed E-state index contributed by atoms with van der Waals surface area (Å²) in [5, 5.41) is 3.48. The summed E-state index contributed by atoms with van der Waals surface area (Å²) in [7, 11) is 1.85. The molecule has 2 saturated heterocycles. The number of nitrogens with zero attached hydrogens (tertiary/aromatic N) is 2. The van der Waals surface area contributed by atoms with Gasteiger partial charge in [0.15, 0.2) is 5.96 Å². The zero-order chi connectivity index (χ0) is 18.9. The molecule has 6 nitrogen and oxygen atoms in total. The Bertz CT molecular complexity index is 602. The normalized spacial score (nSPS) is 22.1. The van der Waals surface area contributed by atoms with Crippen LogP contribution in [0, 0.1) is 6.92 Å². The second-order valence-electron chi connectivity index (χ2n) is 7.17. The number of benzene rings is 1. The molecule has 6 heteroatoms. The third-order valence-electron chi connectivity index (χ3n) is 5.24. The highest BCUT2D eigenvalue weighted by molar-refractivity contribution is 5.80. The Morgan fingerprint density at radius 2 is 2.07 bits per heavy atom. The number of ether oxygens (including phenoxy) is 3. The third-order valence-corrected chi connectivity index (χ3v) is 5.24. The molecule has 0 radical (unpaired) electrons. The number of aliphatic imine (C=N–C) groups is 1. The summed E-state index contributed by atoms with van der Waals surface area (Å²) in [5.74, 6) is 0.947. The van der Waals surface area contributed by atoms with Crippen LogP contribution in [0.5, 0.6) is 0 Å². The van der Waals surface area contributed by atoms with Gasteiger partial charge in [0.1, 0.15) is 6.10 Å². The van der Waals surface area contributed by atoms with Crippen molar-refractivity contribution in [3.05, 3.63) is 35.4 Å². The van der Waals surface area contributed by atoms with Gasteiger partial charge in [0.2, 0.25) is 0 Å². The van der Waals surface area contributed by atoms with Gasteiger partial charge in [0.25, 0.3) is 0 Å². The highest BCUT2D eigenvalue weighted by Crippen LogP contribution is 2.24. The summed E-state index contributed by atoms with van der Waals surface area (Å²) < 4.78 is 17.3. The first-order valence-corrected chi connectivity index (χ1v) is 10.1. The Labute approximate surface area is 162 Å². The van der Waals surface area contributed by atoms with Gasteiger partial charge in [-0.2, -0.15) is 0 Å². The first-order valence-electron chi connectivity index (χ1n) is 10.1. The van der Waals surface area contributed by atoms with Crippen molar-refractivity contribution >= 4 is 5.96 Å². The lowest BCUT2D eigenvalue weighted by Gasteiger charge is -2.35. The highest BCUT2D eigenvalue weighted by atomic mass is 16.5. The minimum absolute atomic E-state index is 0.0929. The van der Waals surface area contributed by atoms with Crippen molar-refractivity contribution < 1.29 is 14.2 Å². The van der Waals surface area contributed by atoms with Gasteiger partial charge in [-0.3, -0.25) is 4.99 Å². The van der Waals surface area contributed by atoms with Crippen molar-refractivity contribution in [2.45, 2.75) is 38.4 Å². The molecule has 0 aliphatic carbocycles. The molecule has 2 aliphatic rings. The first kappa shape index (κ1) is 20.1. The van der Waals surface area contributed by atoms with Crippen LogP contribution >= 0.6 is 0 Å². The minimum atomic E-state index is 0.0929. The van der Waals surface area contributed by atoms with Gasteiger partial charge in [0, 0.05) is 40.0 Å². The number of aryl methyl sites for hydroxylation is 1. The van der Waals surface area contributed by atoms with Crippen LogP contribution in [0.25, 0.3) is 0 Å². The first-order chi connectivity index (χ1) is 13.3. The summed E-state index contributed by atoms with van der Waals surface area (Å²) >= 11 is 0. The van der Waals surface area contributed by atoms with Crippen molar-refractivity contribution in [2.24, 2.45) is 4.99 Å². The van der Waals surface area contributed by atoms with E-state index in [0.717, 1.165) is 64.7 Å². The number of morpholine rings is 1. The van der Waals surface area contributed by atoms with Crippen molar-refractivity contribution in [3.63, 3.8) is 0 Å². The molecule has 1 unspecified atom stereocenters. The minimum Gasteiger partial charge on any atom is -0.381 e. The Balaban J connectivity index is 1.42. The van der Waals surface area contributed by atoms with E-state index >= 15 is 0 Å². The van der Waals surface area contributed by atoms with Crippen LogP contribution in [-0.2, 0) is 14.2 Å². The zero-order valence-electron chi connectivity index (χ0n) is 16.7. The molecule has 0 aromatic heterocycles. The van der Waals surface area contributed by atoms with Crippen LogP contribution < -0.4 is 5.32 Å². The van der Waals surface area contributed by atoms with E-state index in [-0.39, 0.29) is 6.10 Å². The van der Waals surface area contributed by atoms with Crippen LogP contribution in [0.2, 0.25) is 0 Å². The van der Waals surface area contributed by atoms with E-state index in [9.17, 15) is 0 Å². The molecule has 3 rings (SSSR count). The van der Waals surface area contributed by atoms with Crippen molar-refractivity contribution in [1.82, 2.24) is 10.2 Å². The molecule has 0 saturated carbocycles. The van der Waals surface area contributed by atoms with E-state index < -0.39 is 0 Å². The molecular weight excluding hydrogens is 342 g/mol. The Morgan fingerprint density at radius 1 is 1.26 bits per heavy atom. The molecule has 1 atom stereocenters. The van der Waals surface area contributed by atoms with Crippen LogP contribution in [-0.4, -0.2) is 70.1 Å². The van der Waals surface area contributed by atoms with E-state index in [4.69, 9.17) is 14.2 Å². The largest absolute Gasteiger partial charge is 0.381 e. The molecule has 150 valence electrons. The predicted octanol–water partition coefficient (Wildman–Crippen LogP) is 2.53. The topological polar surface area (TPSA) is 55.3 Å². The summed E-state index contributed by atoms with van der Waals surface area (Å²) in [6, 6.07) is 8.45. The van der Waals surface area contributed by atoms with E-state index in [1.54, 1.807) is 0 Å². The van der Waals surface area contributed by atoms with Crippen molar-refractivity contribution in [3.8, 4) is 0 Å². The SMILES string of the molecule is CN=C(NCCCOC1CCOCC1)N1CCOC(c2ccccc2C)C1. The molecule has 0 amide bonds. The molecule has 27 heavy (non-hydrogen) atoms. The van der Waals surface area contributed by atoms with Gasteiger partial charge in [-0.05, 0) is 37.3 Å². The molecule has 0 spiro atoms. The van der Waals surface area contributed by atoms with Crippen LogP contribution in [0.3, 0.4) is 0 Å². The fourth-order valence-electron chi connectivity index (χ4n) is 3.68. The molecular formula is C21H33N3O3. The van der Waals surface area contributed by atoms with Gasteiger partial charge < -0.3 is 24.4 Å². The lowest BCUT2D eigenvalue weighted by atomic mass is 10.0. The Hall–Kier alpha value is -1.63. The number of nitrogens with one attached hydrogen (secondary N) is 1. The summed E-state index contributed by atoms with van der Waals surface area (Å²) in [6.45, 7) is 7.84. The monoisotopic (exact) mass is 375 g/mol. The Kier molecular flexibility index (Phi) is 7.93. The lowest BCUT2D eigenvalue weighted by Crippen LogP contribution is -2.48. The molecule has 0 bridgehead atoms. The molecule has 1 N–H and O–H groups in total. The zero-order valence-corrected chi connectivity index (χ0v) is 16.7. The summed E-state index contributed by atoms with van der Waals surface area (Å²) in [4.78, 5) is 6.76. The smallest absolute Gasteiger partial charge is 0.193 e. The maximum atomic E-state index is 6.03. The van der Waals surface area contributed by atoms with Crippen molar-refractivity contribution in [2.75, 3.05) is 53.1 Å². The maximum Gasteiger partial charge on any atom is 0.193 e. The predicted molar refractivity (Wildman–Crippen MR) is 107 cm³/mol. The molecule has 2 aliphatic heterocycles. The maximum absolute atomic E-state index is 6.03. The standard InChI is InChI=1S/C21H33N3O3/c1-17-6-3-4-7-19(17)20-16-24(11-15-27-20)21(22-2)23-10-5-12-26-18-8-13-25-14-9-18/h3-4,6-7,18,20H,5,8-16H2,1-2H3,(H,22,23). The second-order valence-corrected chi connectivity index (χ2v) is 7.17. The quantitative estimate of drug-likeness (QED) is 0.470. The third kappa shape index (κ3) is 5.92. The lowest BCUT2D eigenvalue weighted by molar-refractivity contribution is -0.0321. The fraction of sp³-hybridized carbons (Fsp3) is 0.667. The van der Waals surface area contributed by atoms with Gasteiger partial charge in [-0.25, -0.2) is 0 Å². The van der Waals surface area contributed by atoms with Gasteiger partial charge >= 0.3 is 0 Å². The number of hydrogen-bond donors (Lipinski definition) is 1. The van der Waals surface area contributed by atoms with Crippen LogP contribution in [0.4, 0.5) is 0 Å². The van der Waals surface area contributed by atoms with E-state index in [1.807, 2.05) is 7.05 Å². The van der Waals surface area contributed by atoms with Gasteiger partial charge in [-0.1, -0.05) is 24.3 Å². The average Bonchev–Trinajstić information content (AvgIpc) is 2.72. The average molecular weight is 376 g/mol. The van der Waals surface area contributed by atoms with Crippen LogP contribution in [0.15, 0.2) is 29.3 Å². The summed E-state index contributed by atoms with van der Waals surface area (Å²) in [6.07, 6.45) is 3.47. The summed E-state index contributed by atoms with van der Waals surface area (Å²) in [5.41, 5.74) is 2.54. The molecule has 1 aromatic carbocycles. The second kappa shape index (κ2) is 10.6. The highest BCUT2D eigenvalue weighted by Gasteiger charge is 2.25. The van der Waals surface area contributed by atoms with Gasteiger partial charge in [0.05, 0.1) is 19.3 Å².